The molecule has 0 aliphatic heterocycles. The first kappa shape index (κ1) is 12.5. The summed E-state index contributed by atoms with van der Waals surface area (Å²) in [6.07, 6.45) is 0.597. The maximum atomic E-state index is 10.6. The molecule has 1 aromatic carbocycles. The number of carboxylic acid groups (broad SMARTS) is 1. The highest BCUT2D eigenvalue weighted by Gasteiger charge is 2.18. The normalized spacial score (nSPS) is 14.2. The molecule has 0 aliphatic rings. The van der Waals surface area contributed by atoms with Crippen LogP contribution in [-0.4, -0.2) is 28.4 Å². The van der Waals surface area contributed by atoms with Crippen molar-refractivity contribution in [2.75, 3.05) is 6.61 Å². The lowest BCUT2D eigenvalue weighted by atomic mass is 10.1. The third kappa shape index (κ3) is 3.55. The summed E-state index contributed by atoms with van der Waals surface area (Å²) >= 11 is 0. The summed E-state index contributed by atoms with van der Waals surface area (Å²) in [6.45, 7) is 3.76. The fraction of sp³-hybridized carbons (Fsp3) is 0.417. The quantitative estimate of drug-likeness (QED) is 0.801. The van der Waals surface area contributed by atoms with E-state index in [9.17, 15) is 9.90 Å². The van der Waals surface area contributed by atoms with E-state index in [1.54, 1.807) is 19.1 Å². The number of ether oxygens (including phenoxy) is 1. The number of aliphatic hydroxyl groups is 1. The van der Waals surface area contributed by atoms with E-state index in [-0.39, 0.29) is 12.2 Å². The second kappa shape index (κ2) is 4.99. The highest BCUT2D eigenvalue weighted by atomic mass is 16.5. The van der Waals surface area contributed by atoms with Gasteiger partial charge in [-0.1, -0.05) is 6.92 Å². The molecule has 1 unspecified atom stereocenters. The van der Waals surface area contributed by atoms with Gasteiger partial charge in [0.2, 0.25) is 0 Å². The standard InChI is InChI=1S/C12H16O4/c1-3-12(2,15)8-16-10-6-4-9(5-7-10)11(13)14/h4-7,15H,3,8H2,1-2H3,(H,13,14). The van der Waals surface area contributed by atoms with Gasteiger partial charge < -0.3 is 14.9 Å². The highest BCUT2D eigenvalue weighted by molar-refractivity contribution is 5.87. The molecule has 0 saturated heterocycles. The van der Waals surface area contributed by atoms with Crippen LogP contribution in [0.4, 0.5) is 0 Å². The Hall–Kier alpha value is -1.55. The summed E-state index contributed by atoms with van der Waals surface area (Å²) in [5.74, 6) is -0.411. The van der Waals surface area contributed by atoms with Crippen LogP contribution in [0.25, 0.3) is 0 Å². The van der Waals surface area contributed by atoms with E-state index >= 15 is 0 Å². The summed E-state index contributed by atoms with van der Waals surface area (Å²) in [6, 6.07) is 6.10. The third-order valence-electron chi connectivity index (χ3n) is 2.41. The molecule has 0 amide bonds. The minimum Gasteiger partial charge on any atom is -0.491 e. The minimum atomic E-state index is -0.966. The molecule has 0 aromatic heterocycles. The summed E-state index contributed by atoms with van der Waals surface area (Å²) in [4.78, 5) is 10.6. The summed E-state index contributed by atoms with van der Waals surface area (Å²) in [7, 11) is 0. The van der Waals surface area contributed by atoms with Crippen LogP contribution < -0.4 is 4.74 Å². The lowest BCUT2D eigenvalue weighted by molar-refractivity contribution is 0.00844. The zero-order chi connectivity index (χ0) is 12.2. The molecular weight excluding hydrogens is 208 g/mol. The summed E-state index contributed by atoms with van der Waals surface area (Å²) in [5.41, 5.74) is -0.638. The molecule has 0 fully saturated rings. The SMILES string of the molecule is CCC(C)(O)COc1ccc(C(=O)O)cc1. The zero-order valence-corrected chi connectivity index (χ0v) is 9.43. The van der Waals surface area contributed by atoms with E-state index in [0.717, 1.165) is 0 Å². The molecule has 2 N–H and O–H groups in total. The van der Waals surface area contributed by atoms with Gasteiger partial charge in [-0.2, -0.15) is 0 Å². The largest absolute Gasteiger partial charge is 0.491 e. The van der Waals surface area contributed by atoms with Crippen LogP contribution in [0.5, 0.6) is 5.75 Å². The molecule has 88 valence electrons. The van der Waals surface area contributed by atoms with Crippen LogP contribution in [0.3, 0.4) is 0 Å². The average molecular weight is 224 g/mol. The monoisotopic (exact) mass is 224 g/mol. The van der Waals surface area contributed by atoms with Gasteiger partial charge in [0, 0.05) is 0 Å². The molecule has 4 heteroatoms. The van der Waals surface area contributed by atoms with Crippen LogP contribution >= 0.6 is 0 Å². The first-order valence-corrected chi connectivity index (χ1v) is 5.13. The molecule has 0 saturated carbocycles. The van der Waals surface area contributed by atoms with Crippen molar-refractivity contribution in [2.45, 2.75) is 25.9 Å². The molecule has 1 rings (SSSR count). The number of carbonyl (C=O) groups is 1. The van der Waals surface area contributed by atoms with Gasteiger partial charge in [-0.3, -0.25) is 0 Å². The highest BCUT2D eigenvalue weighted by Crippen LogP contribution is 2.15. The van der Waals surface area contributed by atoms with Crippen molar-refractivity contribution in [2.24, 2.45) is 0 Å². The fourth-order valence-corrected chi connectivity index (χ4v) is 1.03. The van der Waals surface area contributed by atoms with E-state index in [0.29, 0.717) is 12.2 Å². The van der Waals surface area contributed by atoms with Gasteiger partial charge in [-0.25, -0.2) is 4.79 Å². The van der Waals surface area contributed by atoms with Crippen molar-refractivity contribution < 1.29 is 19.7 Å². The number of hydrogen-bond acceptors (Lipinski definition) is 3. The summed E-state index contributed by atoms with van der Waals surface area (Å²) in [5, 5.41) is 18.4. The van der Waals surface area contributed by atoms with Gasteiger partial charge in [-0.05, 0) is 37.6 Å². The molecule has 4 nitrogen and oxygen atoms in total. The Balaban J connectivity index is 2.59. The minimum absolute atomic E-state index is 0.190. The van der Waals surface area contributed by atoms with Gasteiger partial charge in [0.25, 0.3) is 0 Å². The maximum Gasteiger partial charge on any atom is 0.335 e. The van der Waals surface area contributed by atoms with Crippen molar-refractivity contribution in [3.05, 3.63) is 29.8 Å². The summed E-state index contributed by atoms with van der Waals surface area (Å²) < 4.78 is 5.35. The molecule has 1 atom stereocenters. The first-order chi connectivity index (χ1) is 7.44. The predicted molar refractivity (Wildman–Crippen MR) is 59.8 cm³/mol. The van der Waals surface area contributed by atoms with E-state index in [1.807, 2.05) is 6.92 Å². The smallest absolute Gasteiger partial charge is 0.335 e. The van der Waals surface area contributed by atoms with Gasteiger partial charge in [0.1, 0.15) is 12.4 Å². The van der Waals surface area contributed by atoms with Gasteiger partial charge in [0.15, 0.2) is 0 Å². The Kier molecular flexibility index (Phi) is 3.90. The van der Waals surface area contributed by atoms with Crippen LogP contribution in [-0.2, 0) is 0 Å². The Morgan fingerprint density at radius 3 is 2.38 bits per heavy atom. The number of hydrogen-bond donors (Lipinski definition) is 2. The van der Waals surface area contributed by atoms with Crippen molar-refractivity contribution in [1.29, 1.82) is 0 Å². The van der Waals surface area contributed by atoms with E-state index in [1.165, 1.54) is 12.1 Å². The van der Waals surface area contributed by atoms with Crippen LogP contribution in [0.1, 0.15) is 30.6 Å². The number of aromatic carboxylic acids is 1. The molecule has 1 aromatic rings. The lowest BCUT2D eigenvalue weighted by Gasteiger charge is -2.21. The zero-order valence-electron chi connectivity index (χ0n) is 9.43. The predicted octanol–water partition coefficient (Wildman–Crippen LogP) is 1.92. The van der Waals surface area contributed by atoms with Gasteiger partial charge in [-0.15, -0.1) is 0 Å². The van der Waals surface area contributed by atoms with Crippen molar-refractivity contribution in [3.63, 3.8) is 0 Å². The Labute approximate surface area is 94.5 Å². The van der Waals surface area contributed by atoms with Crippen molar-refractivity contribution in [3.8, 4) is 5.75 Å². The number of benzene rings is 1. The number of rotatable bonds is 5. The molecule has 16 heavy (non-hydrogen) atoms. The topological polar surface area (TPSA) is 66.8 Å². The van der Waals surface area contributed by atoms with Crippen LogP contribution in [0.15, 0.2) is 24.3 Å². The van der Waals surface area contributed by atoms with Gasteiger partial charge >= 0.3 is 5.97 Å². The molecule has 0 bridgehead atoms. The average Bonchev–Trinajstić information content (AvgIpc) is 2.27. The van der Waals surface area contributed by atoms with Crippen molar-refractivity contribution in [1.82, 2.24) is 0 Å². The van der Waals surface area contributed by atoms with E-state index in [4.69, 9.17) is 9.84 Å². The third-order valence-corrected chi connectivity index (χ3v) is 2.41. The molecular formula is C12H16O4. The molecule has 0 spiro atoms. The van der Waals surface area contributed by atoms with E-state index in [2.05, 4.69) is 0 Å². The van der Waals surface area contributed by atoms with E-state index < -0.39 is 11.6 Å². The lowest BCUT2D eigenvalue weighted by Crippen LogP contribution is -2.31. The van der Waals surface area contributed by atoms with Crippen LogP contribution in [0, 0.1) is 0 Å². The maximum absolute atomic E-state index is 10.6. The second-order valence-corrected chi connectivity index (χ2v) is 3.97. The Morgan fingerprint density at radius 1 is 1.38 bits per heavy atom. The second-order valence-electron chi connectivity index (χ2n) is 3.97. The Morgan fingerprint density at radius 2 is 1.94 bits per heavy atom. The van der Waals surface area contributed by atoms with Gasteiger partial charge in [0.05, 0.1) is 11.2 Å². The molecule has 0 heterocycles. The van der Waals surface area contributed by atoms with Crippen molar-refractivity contribution >= 4 is 5.97 Å². The molecule has 0 aliphatic carbocycles. The molecule has 0 radical (unpaired) electrons. The first-order valence-electron chi connectivity index (χ1n) is 5.13. The fourth-order valence-electron chi connectivity index (χ4n) is 1.03. The van der Waals surface area contributed by atoms with Crippen LogP contribution in [0.2, 0.25) is 0 Å². The number of carboxylic acids is 1. The Bertz CT molecular complexity index is 354.